The monoisotopic (exact) mass is 403 g/mol. The first-order valence-electron chi connectivity index (χ1n) is 10.1. The second-order valence-corrected chi connectivity index (χ2v) is 8.04. The van der Waals surface area contributed by atoms with Crippen LogP contribution in [0.25, 0.3) is 11.4 Å². The minimum Gasteiger partial charge on any atom is -0.338 e. The van der Waals surface area contributed by atoms with Gasteiger partial charge in [-0.1, -0.05) is 0 Å². The van der Waals surface area contributed by atoms with Gasteiger partial charge in [0.15, 0.2) is 0 Å². The van der Waals surface area contributed by atoms with E-state index >= 15 is 0 Å². The predicted octanol–water partition coefficient (Wildman–Crippen LogP) is 1.64. The van der Waals surface area contributed by atoms with Gasteiger partial charge in [-0.25, -0.2) is 4.98 Å². The maximum atomic E-state index is 13.0. The summed E-state index contributed by atoms with van der Waals surface area (Å²) in [7, 11) is 0. The normalized spacial score (nSPS) is 20.3. The van der Waals surface area contributed by atoms with Crippen molar-refractivity contribution in [3.63, 3.8) is 0 Å². The van der Waals surface area contributed by atoms with Crippen LogP contribution in [0.3, 0.4) is 0 Å². The number of piperidine rings is 1. The molecule has 2 aliphatic rings. The zero-order chi connectivity index (χ0) is 20.7. The fourth-order valence-electron chi connectivity index (χ4n) is 4.72. The van der Waals surface area contributed by atoms with E-state index in [2.05, 4.69) is 15.0 Å². The Morgan fingerprint density at radius 2 is 2.07 bits per heavy atom. The number of carbonyl (C=O) groups excluding carboxylic acids is 1. The summed E-state index contributed by atoms with van der Waals surface area (Å²) in [6.45, 7) is 1.16. The molecule has 8 heteroatoms. The number of carbonyl (C=O) groups is 1. The van der Waals surface area contributed by atoms with Crippen molar-refractivity contribution in [1.82, 2.24) is 24.8 Å². The zero-order valence-corrected chi connectivity index (χ0v) is 16.4. The van der Waals surface area contributed by atoms with Crippen molar-refractivity contribution in [3.8, 4) is 11.4 Å². The summed E-state index contributed by atoms with van der Waals surface area (Å²) < 4.78 is 0. The van der Waals surface area contributed by atoms with Crippen LogP contribution in [0.4, 0.5) is 0 Å². The number of pyridine rings is 2. The van der Waals surface area contributed by atoms with Gasteiger partial charge in [-0.05, 0) is 43.9 Å². The average molecular weight is 403 g/mol. The van der Waals surface area contributed by atoms with Gasteiger partial charge < -0.3 is 14.9 Å². The van der Waals surface area contributed by atoms with Gasteiger partial charge >= 0.3 is 0 Å². The van der Waals surface area contributed by atoms with Crippen molar-refractivity contribution in [2.45, 2.75) is 31.1 Å². The van der Waals surface area contributed by atoms with E-state index in [9.17, 15) is 14.4 Å². The van der Waals surface area contributed by atoms with Crippen LogP contribution >= 0.6 is 0 Å². The van der Waals surface area contributed by atoms with Gasteiger partial charge in [0.2, 0.25) is 5.56 Å². The van der Waals surface area contributed by atoms with Gasteiger partial charge in [-0.2, -0.15) is 0 Å². The topological polar surface area (TPSA) is 112 Å². The third kappa shape index (κ3) is 3.04. The molecule has 5 rings (SSSR count). The number of nitrogens with zero attached hydrogens (tertiary/aromatic N) is 3. The molecule has 0 radical (unpaired) electrons. The quantitative estimate of drug-likeness (QED) is 0.676. The molecule has 30 heavy (non-hydrogen) atoms. The number of likely N-dealkylation sites (tertiary alicyclic amines) is 1. The van der Waals surface area contributed by atoms with E-state index in [0.29, 0.717) is 30.9 Å². The largest absolute Gasteiger partial charge is 0.338 e. The fraction of sp³-hybridized carbons (Fsp3) is 0.318. The lowest BCUT2D eigenvalue weighted by Gasteiger charge is -2.40. The molecule has 1 amide bonds. The zero-order valence-electron chi connectivity index (χ0n) is 16.4. The highest BCUT2D eigenvalue weighted by Gasteiger charge is 2.45. The third-order valence-electron chi connectivity index (χ3n) is 6.20. The lowest BCUT2D eigenvalue weighted by Crippen LogP contribution is -2.48. The van der Waals surface area contributed by atoms with Gasteiger partial charge in [-0.3, -0.25) is 19.4 Å². The molecule has 1 fully saturated rings. The molecule has 1 spiro atoms. The van der Waals surface area contributed by atoms with Crippen LogP contribution < -0.4 is 11.1 Å². The first kappa shape index (κ1) is 18.5. The standard InChI is InChI=1S/C22H21N5O3/c28-17-5-4-15(12-24-17)21(30)27-10-2-7-22(13-27)8-6-16-18(22)25-19(26-20(16)29)14-3-1-9-23-11-14/h1,3-5,9,11-12H,2,6-8,10,13H2,(H,24,28)(H,25,26,29). The molecule has 1 aliphatic heterocycles. The number of H-pyrrole nitrogens is 2. The summed E-state index contributed by atoms with van der Waals surface area (Å²) >= 11 is 0. The number of nitrogens with one attached hydrogen (secondary N) is 2. The Morgan fingerprint density at radius 3 is 2.83 bits per heavy atom. The fourth-order valence-corrected chi connectivity index (χ4v) is 4.72. The van der Waals surface area contributed by atoms with Crippen LogP contribution in [0, 0.1) is 0 Å². The van der Waals surface area contributed by atoms with E-state index in [-0.39, 0.29) is 22.4 Å². The maximum absolute atomic E-state index is 13.0. The van der Waals surface area contributed by atoms with Crippen LogP contribution in [0.5, 0.6) is 0 Å². The summed E-state index contributed by atoms with van der Waals surface area (Å²) in [4.78, 5) is 53.4. The van der Waals surface area contributed by atoms with Crippen molar-refractivity contribution in [2.24, 2.45) is 0 Å². The molecule has 0 saturated carbocycles. The number of amides is 1. The molecule has 152 valence electrons. The van der Waals surface area contributed by atoms with Crippen molar-refractivity contribution in [3.05, 3.63) is 80.4 Å². The van der Waals surface area contributed by atoms with Crippen LogP contribution in [0.1, 0.15) is 40.9 Å². The first-order chi connectivity index (χ1) is 14.6. The Balaban J connectivity index is 1.51. The van der Waals surface area contributed by atoms with Crippen molar-refractivity contribution >= 4 is 5.91 Å². The minimum absolute atomic E-state index is 0.111. The third-order valence-corrected chi connectivity index (χ3v) is 6.20. The first-order valence-corrected chi connectivity index (χ1v) is 10.1. The Bertz CT molecular complexity index is 1210. The lowest BCUT2D eigenvalue weighted by atomic mass is 9.77. The molecule has 0 bridgehead atoms. The molecule has 1 unspecified atom stereocenters. The molecule has 8 nitrogen and oxygen atoms in total. The second-order valence-electron chi connectivity index (χ2n) is 8.04. The summed E-state index contributed by atoms with van der Waals surface area (Å²) in [5.41, 5.74) is 2.08. The summed E-state index contributed by atoms with van der Waals surface area (Å²) in [5, 5.41) is 0. The molecule has 3 aromatic rings. The van der Waals surface area contributed by atoms with E-state index in [0.717, 1.165) is 36.1 Å². The molecule has 0 aromatic carbocycles. The van der Waals surface area contributed by atoms with Gasteiger partial charge in [0, 0.05) is 54.3 Å². The molecule has 1 aliphatic carbocycles. The van der Waals surface area contributed by atoms with E-state index in [4.69, 9.17) is 4.98 Å². The number of fused-ring (bicyclic) bond motifs is 2. The number of aromatic amines is 2. The van der Waals surface area contributed by atoms with E-state index < -0.39 is 0 Å². The highest BCUT2D eigenvalue weighted by atomic mass is 16.2. The number of aromatic nitrogens is 4. The van der Waals surface area contributed by atoms with Crippen molar-refractivity contribution < 1.29 is 4.79 Å². The SMILES string of the molecule is O=C(c1ccc(=O)[nH]c1)N1CCCC2(CCc3c2nc(-c2cccnc2)[nH]c3=O)C1. The highest BCUT2D eigenvalue weighted by molar-refractivity contribution is 5.94. The highest BCUT2D eigenvalue weighted by Crippen LogP contribution is 2.43. The number of hydrogen-bond acceptors (Lipinski definition) is 5. The van der Waals surface area contributed by atoms with E-state index in [1.165, 1.54) is 12.3 Å². The second kappa shape index (κ2) is 7.05. The molecule has 1 atom stereocenters. The van der Waals surface area contributed by atoms with Crippen LogP contribution in [-0.4, -0.2) is 43.8 Å². The summed E-state index contributed by atoms with van der Waals surface area (Å²) in [6, 6.07) is 6.59. The minimum atomic E-state index is -0.323. The van der Waals surface area contributed by atoms with Gasteiger partial charge in [0.05, 0.1) is 11.3 Å². The van der Waals surface area contributed by atoms with E-state index in [1.54, 1.807) is 18.5 Å². The maximum Gasteiger partial charge on any atom is 0.255 e. The predicted molar refractivity (Wildman–Crippen MR) is 110 cm³/mol. The Morgan fingerprint density at radius 1 is 1.17 bits per heavy atom. The molecule has 2 N–H and O–H groups in total. The van der Waals surface area contributed by atoms with E-state index in [1.807, 2.05) is 17.0 Å². The number of hydrogen-bond donors (Lipinski definition) is 2. The van der Waals surface area contributed by atoms with Crippen molar-refractivity contribution in [1.29, 1.82) is 0 Å². The molecule has 1 saturated heterocycles. The van der Waals surface area contributed by atoms with Crippen LogP contribution in [-0.2, 0) is 11.8 Å². The smallest absolute Gasteiger partial charge is 0.255 e. The number of rotatable bonds is 2. The summed E-state index contributed by atoms with van der Waals surface area (Å²) in [6.07, 6.45) is 7.99. The molecule has 3 aromatic heterocycles. The Labute approximate surface area is 172 Å². The van der Waals surface area contributed by atoms with Crippen LogP contribution in [0.15, 0.2) is 52.4 Å². The molecule has 4 heterocycles. The van der Waals surface area contributed by atoms with Crippen LogP contribution in [0.2, 0.25) is 0 Å². The summed E-state index contributed by atoms with van der Waals surface area (Å²) in [5.74, 6) is 0.397. The molecular weight excluding hydrogens is 382 g/mol. The van der Waals surface area contributed by atoms with Crippen molar-refractivity contribution in [2.75, 3.05) is 13.1 Å². The van der Waals surface area contributed by atoms with Gasteiger partial charge in [-0.15, -0.1) is 0 Å². The van der Waals surface area contributed by atoms with Gasteiger partial charge in [0.25, 0.3) is 11.5 Å². The molecular formula is C22H21N5O3. The van der Waals surface area contributed by atoms with Gasteiger partial charge in [0.1, 0.15) is 5.82 Å². The Kier molecular flexibility index (Phi) is 4.34. The lowest BCUT2D eigenvalue weighted by molar-refractivity contribution is 0.0633. The average Bonchev–Trinajstić information content (AvgIpc) is 3.12. The Hall–Kier alpha value is -3.55.